The van der Waals surface area contributed by atoms with Gasteiger partial charge in [-0.2, -0.15) is 0 Å². The van der Waals surface area contributed by atoms with Crippen LogP contribution in [0.1, 0.15) is 53.6 Å². The van der Waals surface area contributed by atoms with Gasteiger partial charge in [-0.3, -0.25) is 9.59 Å². The van der Waals surface area contributed by atoms with Crippen LogP contribution in [0.15, 0.2) is 48.2 Å². The molecule has 0 aromatic heterocycles. The van der Waals surface area contributed by atoms with Crippen molar-refractivity contribution in [2.45, 2.75) is 39.0 Å². The van der Waals surface area contributed by atoms with Crippen LogP contribution < -0.4 is 9.47 Å². The van der Waals surface area contributed by atoms with Crippen LogP contribution >= 0.6 is 0 Å². The summed E-state index contributed by atoms with van der Waals surface area (Å²) in [5, 5.41) is 0. The van der Waals surface area contributed by atoms with Gasteiger partial charge in [0.2, 0.25) is 5.78 Å². The highest BCUT2D eigenvalue weighted by Crippen LogP contribution is 2.35. The highest BCUT2D eigenvalue weighted by atomic mass is 16.5. The molecule has 0 saturated heterocycles. The Kier molecular flexibility index (Phi) is 4.80. The molecule has 4 rings (SSSR count). The van der Waals surface area contributed by atoms with Crippen LogP contribution in [0.5, 0.6) is 11.5 Å². The van der Waals surface area contributed by atoms with E-state index in [1.54, 1.807) is 24.3 Å². The summed E-state index contributed by atoms with van der Waals surface area (Å²) in [4.78, 5) is 24.9. The Morgan fingerprint density at radius 2 is 1.89 bits per heavy atom. The van der Waals surface area contributed by atoms with E-state index in [4.69, 9.17) is 9.47 Å². The van der Waals surface area contributed by atoms with Crippen molar-refractivity contribution in [1.29, 1.82) is 0 Å². The number of hydrogen-bond acceptors (Lipinski definition) is 4. The summed E-state index contributed by atoms with van der Waals surface area (Å²) in [5.74, 6) is 0.789. The van der Waals surface area contributed by atoms with E-state index in [-0.39, 0.29) is 23.4 Å². The normalized spacial score (nSPS) is 18.3. The van der Waals surface area contributed by atoms with E-state index in [1.807, 2.05) is 31.2 Å². The van der Waals surface area contributed by atoms with Crippen molar-refractivity contribution < 1.29 is 19.1 Å². The molecule has 0 N–H and O–H groups in total. The van der Waals surface area contributed by atoms with Crippen molar-refractivity contribution in [3.05, 3.63) is 64.9 Å². The molecule has 1 aliphatic carbocycles. The maximum Gasteiger partial charge on any atom is 0.314 e. The molecule has 0 atom stereocenters. The summed E-state index contributed by atoms with van der Waals surface area (Å²) in [6.45, 7) is 1.99. The lowest BCUT2D eigenvalue weighted by Gasteiger charge is -2.19. The molecule has 0 amide bonds. The number of hydrogen-bond donors (Lipinski definition) is 0. The quantitative estimate of drug-likeness (QED) is 0.433. The number of ether oxygens (including phenoxy) is 2. The fourth-order valence-corrected chi connectivity index (χ4v) is 3.66. The molecule has 1 saturated carbocycles. The van der Waals surface area contributed by atoms with E-state index in [0.717, 1.165) is 36.8 Å². The largest absolute Gasteiger partial charge is 0.452 e. The van der Waals surface area contributed by atoms with Gasteiger partial charge in [0.25, 0.3) is 0 Å². The molecule has 2 aromatic carbocycles. The first-order chi connectivity index (χ1) is 13.1. The molecule has 0 radical (unpaired) electrons. The van der Waals surface area contributed by atoms with Crippen LogP contribution in [0.3, 0.4) is 0 Å². The van der Waals surface area contributed by atoms with Gasteiger partial charge in [0.15, 0.2) is 5.76 Å². The minimum atomic E-state index is -0.186. The maximum atomic E-state index is 12.6. The van der Waals surface area contributed by atoms with E-state index in [0.29, 0.717) is 17.1 Å². The van der Waals surface area contributed by atoms with Gasteiger partial charge in [-0.15, -0.1) is 0 Å². The summed E-state index contributed by atoms with van der Waals surface area (Å²) in [7, 11) is 0. The number of ketones is 1. The van der Waals surface area contributed by atoms with Crippen molar-refractivity contribution in [3.8, 4) is 11.5 Å². The predicted octanol–water partition coefficient (Wildman–Crippen LogP) is 5.10. The molecule has 27 heavy (non-hydrogen) atoms. The molecule has 4 heteroatoms. The smallest absolute Gasteiger partial charge is 0.314 e. The first kappa shape index (κ1) is 17.5. The molecule has 4 nitrogen and oxygen atoms in total. The third-order valence-corrected chi connectivity index (χ3v) is 5.27. The third-order valence-electron chi connectivity index (χ3n) is 5.27. The van der Waals surface area contributed by atoms with Gasteiger partial charge >= 0.3 is 5.97 Å². The van der Waals surface area contributed by atoms with Gasteiger partial charge in [-0.1, -0.05) is 43.5 Å². The first-order valence-corrected chi connectivity index (χ1v) is 9.47. The lowest BCUT2D eigenvalue weighted by molar-refractivity contribution is -0.139. The second-order valence-electron chi connectivity index (χ2n) is 7.21. The van der Waals surface area contributed by atoms with Crippen molar-refractivity contribution in [2.75, 3.05) is 0 Å². The average Bonchev–Trinajstić information content (AvgIpc) is 2.99. The SMILES string of the molecule is Cc1ccccc1C=C1Oc2cc(OC(=O)C3CCCCC3)ccc2C1=O. The minimum Gasteiger partial charge on any atom is -0.452 e. The zero-order valence-electron chi connectivity index (χ0n) is 15.4. The van der Waals surface area contributed by atoms with Crippen molar-refractivity contribution in [2.24, 2.45) is 5.92 Å². The van der Waals surface area contributed by atoms with Crippen LogP contribution in [0, 0.1) is 12.8 Å². The maximum absolute atomic E-state index is 12.6. The number of esters is 1. The number of allylic oxidation sites excluding steroid dienone is 1. The van der Waals surface area contributed by atoms with E-state index >= 15 is 0 Å². The summed E-state index contributed by atoms with van der Waals surface area (Å²) >= 11 is 0. The fourth-order valence-electron chi connectivity index (χ4n) is 3.66. The van der Waals surface area contributed by atoms with E-state index in [9.17, 15) is 9.59 Å². The van der Waals surface area contributed by atoms with Gasteiger partial charge in [-0.05, 0) is 49.1 Å². The van der Waals surface area contributed by atoms with Crippen LogP contribution in [0.4, 0.5) is 0 Å². The van der Waals surface area contributed by atoms with Crippen molar-refractivity contribution in [3.63, 3.8) is 0 Å². The number of benzene rings is 2. The molecule has 138 valence electrons. The van der Waals surface area contributed by atoms with Crippen LogP contribution in [-0.2, 0) is 4.79 Å². The first-order valence-electron chi connectivity index (χ1n) is 9.47. The number of fused-ring (bicyclic) bond motifs is 1. The Hall–Kier alpha value is -2.88. The molecule has 1 fully saturated rings. The Labute approximate surface area is 158 Å². The number of carbonyl (C=O) groups is 2. The van der Waals surface area contributed by atoms with Gasteiger partial charge < -0.3 is 9.47 Å². The molecule has 2 aromatic rings. The van der Waals surface area contributed by atoms with Crippen LogP contribution in [0.25, 0.3) is 6.08 Å². The number of aryl methyl sites for hydroxylation is 1. The lowest BCUT2D eigenvalue weighted by Crippen LogP contribution is -2.22. The fraction of sp³-hybridized carbons (Fsp3) is 0.304. The van der Waals surface area contributed by atoms with Gasteiger partial charge in [-0.25, -0.2) is 0 Å². The monoisotopic (exact) mass is 362 g/mol. The molecular formula is C23H22O4. The standard InChI is InChI=1S/C23H22O4/c1-15-7-5-6-10-17(15)13-21-22(24)19-12-11-18(14-20(19)27-21)26-23(25)16-8-3-2-4-9-16/h5-7,10-14,16H,2-4,8-9H2,1H3. The van der Waals surface area contributed by atoms with Crippen molar-refractivity contribution in [1.82, 2.24) is 0 Å². The van der Waals surface area contributed by atoms with Gasteiger partial charge in [0.05, 0.1) is 11.5 Å². The van der Waals surface area contributed by atoms with Crippen molar-refractivity contribution >= 4 is 17.8 Å². The topological polar surface area (TPSA) is 52.6 Å². The summed E-state index contributed by atoms with van der Waals surface area (Å²) < 4.78 is 11.3. The minimum absolute atomic E-state index is 0.0222. The Bertz CT molecular complexity index is 920. The summed E-state index contributed by atoms with van der Waals surface area (Å²) in [6, 6.07) is 12.8. The molecular weight excluding hydrogens is 340 g/mol. The Morgan fingerprint density at radius 3 is 2.67 bits per heavy atom. The van der Waals surface area contributed by atoms with E-state index in [1.165, 1.54) is 6.42 Å². The Balaban J connectivity index is 1.52. The van der Waals surface area contributed by atoms with Gasteiger partial charge in [0, 0.05) is 6.07 Å². The molecule has 0 spiro atoms. The highest BCUT2D eigenvalue weighted by molar-refractivity contribution is 6.14. The predicted molar refractivity (Wildman–Crippen MR) is 103 cm³/mol. The second kappa shape index (κ2) is 7.39. The molecule has 1 aliphatic heterocycles. The zero-order chi connectivity index (χ0) is 18.8. The number of carbonyl (C=O) groups excluding carboxylic acids is 2. The Morgan fingerprint density at radius 1 is 1.11 bits per heavy atom. The third kappa shape index (κ3) is 3.65. The zero-order valence-corrected chi connectivity index (χ0v) is 15.4. The highest BCUT2D eigenvalue weighted by Gasteiger charge is 2.29. The molecule has 1 heterocycles. The van der Waals surface area contributed by atoms with E-state index < -0.39 is 0 Å². The molecule has 0 unspecified atom stereocenters. The molecule has 0 bridgehead atoms. The lowest BCUT2D eigenvalue weighted by atomic mass is 9.89. The van der Waals surface area contributed by atoms with Gasteiger partial charge in [0.1, 0.15) is 11.5 Å². The van der Waals surface area contributed by atoms with Crippen LogP contribution in [0.2, 0.25) is 0 Å². The number of rotatable bonds is 3. The van der Waals surface area contributed by atoms with Crippen LogP contribution in [-0.4, -0.2) is 11.8 Å². The number of Topliss-reactive ketones (excluding diaryl/α,β-unsaturated/α-hetero) is 1. The summed E-state index contributed by atoms with van der Waals surface area (Å²) in [5.41, 5.74) is 2.50. The summed E-state index contributed by atoms with van der Waals surface area (Å²) in [6.07, 6.45) is 6.88. The molecule has 2 aliphatic rings. The average molecular weight is 362 g/mol. The second-order valence-corrected chi connectivity index (χ2v) is 7.21. The van der Waals surface area contributed by atoms with E-state index in [2.05, 4.69) is 0 Å².